The summed E-state index contributed by atoms with van der Waals surface area (Å²) in [7, 11) is 1.62. The highest BCUT2D eigenvalue weighted by atomic mass is 32.2. The van der Waals surface area contributed by atoms with E-state index in [-0.39, 0.29) is 12.4 Å². The molecule has 2 aromatic heterocycles. The van der Waals surface area contributed by atoms with Gasteiger partial charge in [-0.25, -0.2) is 0 Å². The summed E-state index contributed by atoms with van der Waals surface area (Å²) in [6.45, 7) is 2.22. The molecular weight excluding hydrogens is 496 g/mol. The van der Waals surface area contributed by atoms with E-state index in [1.165, 1.54) is 18.0 Å². The van der Waals surface area contributed by atoms with Gasteiger partial charge in [-0.15, -0.1) is 11.3 Å². The van der Waals surface area contributed by atoms with Crippen molar-refractivity contribution in [3.05, 3.63) is 82.9 Å². The Morgan fingerprint density at radius 3 is 2.69 bits per heavy atom. The monoisotopic (exact) mass is 522 g/mol. The van der Waals surface area contributed by atoms with Crippen molar-refractivity contribution in [3.63, 3.8) is 0 Å². The van der Waals surface area contributed by atoms with Gasteiger partial charge in [-0.05, 0) is 72.8 Å². The molecule has 0 fully saturated rings. The van der Waals surface area contributed by atoms with Gasteiger partial charge in [0.1, 0.15) is 17.3 Å². The van der Waals surface area contributed by atoms with E-state index in [4.69, 9.17) is 19.1 Å². The minimum absolute atomic E-state index is 0.0378. The maximum Gasteiger partial charge on any atom is 0.185 e. The van der Waals surface area contributed by atoms with Gasteiger partial charge in [-0.3, -0.25) is 4.79 Å². The first-order valence-electron chi connectivity index (χ1n) is 11.3. The Balaban J connectivity index is 1.51. The third kappa shape index (κ3) is 6.57. The molecule has 9 heteroatoms. The van der Waals surface area contributed by atoms with Gasteiger partial charge >= 0.3 is 0 Å². The summed E-state index contributed by atoms with van der Waals surface area (Å²) in [6, 6.07) is 16.9. The lowest BCUT2D eigenvalue weighted by Crippen LogP contribution is -2.02. The van der Waals surface area contributed by atoms with Crippen molar-refractivity contribution in [1.82, 2.24) is 5.16 Å². The van der Waals surface area contributed by atoms with Crippen LogP contribution < -0.4 is 14.2 Å². The van der Waals surface area contributed by atoms with Gasteiger partial charge in [-0.2, -0.15) is 0 Å². The number of rotatable bonds is 12. The van der Waals surface area contributed by atoms with E-state index < -0.39 is 0 Å². The molecule has 4 aromatic rings. The summed E-state index contributed by atoms with van der Waals surface area (Å²) in [5.74, 6) is 2.51. The maximum absolute atomic E-state index is 12.9. The SMILES string of the molecule is COc1cc(OCCCO)c(/C=C/C(=O)c2ccc(SNc3cc(C)on3)cc2)cc1-c1cccs1. The molecule has 0 radical (unpaired) electrons. The van der Waals surface area contributed by atoms with E-state index in [2.05, 4.69) is 9.88 Å². The van der Waals surface area contributed by atoms with Crippen LogP contribution in [0.15, 0.2) is 75.5 Å². The summed E-state index contributed by atoms with van der Waals surface area (Å²) >= 11 is 2.99. The second-order valence-electron chi connectivity index (χ2n) is 7.74. The predicted octanol–water partition coefficient (Wildman–Crippen LogP) is 6.50. The van der Waals surface area contributed by atoms with Crippen molar-refractivity contribution in [1.29, 1.82) is 0 Å². The number of hydrogen-bond acceptors (Lipinski definition) is 9. The average molecular weight is 523 g/mol. The van der Waals surface area contributed by atoms with Gasteiger partial charge in [0, 0.05) is 51.6 Å². The van der Waals surface area contributed by atoms with Crippen LogP contribution in [0.4, 0.5) is 5.82 Å². The summed E-state index contributed by atoms with van der Waals surface area (Å²) in [5.41, 5.74) is 2.25. The van der Waals surface area contributed by atoms with Crippen molar-refractivity contribution < 1.29 is 23.9 Å². The Kier molecular flexibility index (Phi) is 8.83. The molecule has 2 heterocycles. The number of thiophene rings is 1. The molecule has 0 atom stereocenters. The fourth-order valence-corrected chi connectivity index (χ4v) is 4.69. The van der Waals surface area contributed by atoms with Crippen molar-refractivity contribution in [2.75, 3.05) is 25.0 Å². The topological polar surface area (TPSA) is 93.8 Å². The van der Waals surface area contributed by atoms with Gasteiger partial charge < -0.3 is 23.8 Å². The standard InChI is InChI=1S/C27H26N2O5S2/c1-18-15-27(28-34-18)29-36-21-9-6-19(7-10-21)23(31)11-8-20-16-22(26-5-3-14-35-26)25(32-2)17-24(20)33-13-4-12-30/h3,5-11,14-17,30H,4,12-13H2,1-2H3,(H,28,29)/b11-8+. The van der Waals surface area contributed by atoms with Crippen LogP contribution in [0.2, 0.25) is 0 Å². The van der Waals surface area contributed by atoms with Gasteiger partial charge in [0.25, 0.3) is 0 Å². The lowest BCUT2D eigenvalue weighted by molar-refractivity contribution is 0.104. The molecule has 2 aromatic carbocycles. The second kappa shape index (κ2) is 12.4. The summed E-state index contributed by atoms with van der Waals surface area (Å²) in [5, 5.41) is 15.0. The van der Waals surface area contributed by atoms with Crippen LogP contribution in [0, 0.1) is 6.92 Å². The molecule has 0 unspecified atom stereocenters. The minimum atomic E-state index is -0.124. The molecule has 0 aliphatic rings. The van der Waals surface area contributed by atoms with Crippen molar-refractivity contribution in [3.8, 4) is 21.9 Å². The highest BCUT2D eigenvalue weighted by molar-refractivity contribution is 8.00. The zero-order valence-corrected chi connectivity index (χ0v) is 21.5. The number of carbonyl (C=O) groups excluding carboxylic acids is 1. The lowest BCUT2D eigenvalue weighted by atomic mass is 10.0. The van der Waals surface area contributed by atoms with Crippen LogP contribution in [-0.4, -0.2) is 36.4 Å². The van der Waals surface area contributed by atoms with Crippen molar-refractivity contribution in [2.45, 2.75) is 18.2 Å². The molecule has 0 saturated carbocycles. The van der Waals surface area contributed by atoms with Crippen LogP contribution in [0.5, 0.6) is 11.5 Å². The molecule has 0 saturated heterocycles. The number of allylic oxidation sites excluding steroid dienone is 1. The molecule has 0 spiro atoms. The third-order valence-electron chi connectivity index (χ3n) is 5.13. The summed E-state index contributed by atoms with van der Waals surface area (Å²) < 4.78 is 19.6. The average Bonchev–Trinajstić information content (AvgIpc) is 3.58. The quantitative estimate of drug-likeness (QED) is 0.0943. The normalized spacial score (nSPS) is 11.1. The van der Waals surface area contributed by atoms with Crippen LogP contribution in [-0.2, 0) is 0 Å². The number of carbonyl (C=O) groups is 1. The molecule has 0 amide bonds. The van der Waals surface area contributed by atoms with Crippen LogP contribution >= 0.6 is 23.3 Å². The number of nitrogens with zero attached hydrogens (tertiary/aromatic N) is 1. The number of benzene rings is 2. The molecule has 0 aliphatic heterocycles. The number of aromatic nitrogens is 1. The number of nitrogens with one attached hydrogen (secondary N) is 1. The Morgan fingerprint density at radius 2 is 2.03 bits per heavy atom. The van der Waals surface area contributed by atoms with Crippen molar-refractivity contribution >= 4 is 41.0 Å². The van der Waals surface area contributed by atoms with Gasteiger partial charge in [0.05, 0.1) is 13.7 Å². The number of ether oxygens (including phenoxy) is 2. The van der Waals surface area contributed by atoms with E-state index in [0.717, 1.165) is 26.7 Å². The molecule has 2 N–H and O–H groups in total. The lowest BCUT2D eigenvalue weighted by Gasteiger charge is -2.14. The number of ketones is 1. The molecule has 0 aliphatic carbocycles. The van der Waals surface area contributed by atoms with Crippen LogP contribution in [0.1, 0.15) is 28.1 Å². The smallest absolute Gasteiger partial charge is 0.185 e. The van der Waals surface area contributed by atoms with Gasteiger partial charge in [-0.1, -0.05) is 11.2 Å². The van der Waals surface area contributed by atoms with E-state index in [1.54, 1.807) is 42.7 Å². The Morgan fingerprint density at radius 1 is 1.19 bits per heavy atom. The van der Waals surface area contributed by atoms with Crippen LogP contribution in [0.25, 0.3) is 16.5 Å². The number of anilines is 1. The second-order valence-corrected chi connectivity index (χ2v) is 9.57. The van der Waals surface area contributed by atoms with E-state index >= 15 is 0 Å². The molecule has 0 bridgehead atoms. The first-order chi connectivity index (χ1) is 17.6. The van der Waals surface area contributed by atoms with Crippen molar-refractivity contribution in [2.24, 2.45) is 0 Å². The number of hydrogen-bond donors (Lipinski definition) is 2. The summed E-state index contributed by atoms with van der Waals surface area (Å²) in [4.78, 5) is 14.9. The third-order valence-corrected chi connectivity index (χ3v) is 6.86. The number of aryl methyl sites for hydroxylation is 1. The molecule has 4 rings (SSSR count). The molecule has 7 nitrogen and oxygen atoms in total. The minimum Gasteiger partial charge on any atom is -0.496 e. The fourth-order valence-electron chi connectivity index (χ4n) is 3.35. The first kappa shape index (κ1) is 25.6. The Labute approximate surface area is 217 Å². The Hall–Kier alpha value is -3.53. The zero-order valence-electron chi connectivity index (χ0n) is 19.9. The zero-order chi connectivity index (χ0) is 25.3. The molecule has 186 valence electrons. The first-order valence-corrected chi connectivity index (χ1v) is 12.9. The van der Waals surface area contributed by atoms with Crippen LogP contribution in [0.3, 0.4) is 0 Å². The van der Waals surface area contributed by atoms with Gasteiger partial charge in [0.2, 0.25) is 0 Å². The predicted molar refractivity (Wildman–Crippen MR) is 144 cm³/mol. The number of methoxy groups -OCH3 is 1. The molecule has 36 heavy (non-hydrogen) atoms. The molecular formula is C27H26N2O5S2. The maximum atomic E-state index is 12.9. The highest BCUT2D eigenvalue weighted by Crippen LogP contribution is 2.39. The highest BCUT2D eigenvalue weighted by Gasteiger charge is 2.14. The fraction of sp³-hybridized carbons (Fsp3) is 0.185. The van der Waals surface area contributed by atoms with E-state index in [1.807, 2.05) is 48.7 Å². The van der Waals surface area contributed by atoms with E-state index in [0.29, 0.717) is 35.9 Å². The largest absolute Gasteiger partial charge is 0.496 e. The number of aliphatic hydroxyl groups is 1. The Bertz CT molecular complexity index is 1310. The van der Waals surface area contributed by atoms with Gasteiger partial charge in [0.15, 0.2) is 11.6 Å². The number of aliphatic hydroxyl groups excluding tert-OH is 1. The van der Waals surface area contributed by atoms with E-state index in [9.17, 15) is 4.79 Å². The summed E-state index contributed by atoms with van der Waals surface area (Å²) in [6.07, 6.45) is 3.80.